The Morgan fingerprint density at radius 3 is 2.55 bits per heavy atom. The van der Waals surface area contributed by atoms with E-state index in [1.54, 1.807) is 60.7 Å². The van der Waals surface area contributed by atoms with Gasteiger partial charge in [0.1, 0.15) is 15.8 Å². The number of thioether (sulfide) groups is 1. The van der Waals surface area contributed by atoms with Crippen molar-refractivity contribution in [3.63, 3.8) is 0 Å². The largest absolute Gasteiger partial charge is 0.479 e. The molecular formula is C22H13Cl2NO4S2. The number of nitrogens with zero attached hydrogens (tertiary/aromatic N) is 1. The average molecular weight is 490 g/mol. The van der Waals surface area contributed by atoms with E-state index in [-0.39, 0.29) is 9.23 Å². The van der Waals surface area contributed by atoms with Gasteiger partial charge in [-0.3, -0.25) is 9.69 Å². The Balaban J connectivity index is 1.64. The second-order valence-corrected chi connectivity index (χ2v) is 8.97. The van der Waals surface area contributed by atoms with Crippen molar-refractivity contribution < 1.29 is 19.1 Å². The Morgan fingerprint density at radius 1 is 1.10 bits per heavy atom. The van der Waals surface area contributed by atoms with Crippen molar-refractivity contribution in [2.75, 3.05) is 0 Å². The van der Waals surface area contributed by atoms with Gasteiger partial charge in [-0.1, -0.05) is 83.6 Å². The minimum atomic E-state index is -1.21. The van der Waals surface area contributed by atoms with Crippen molar-refractivity contribution in [3.8, 4) is 11.3 Å². The first kappa shape index (κ1) is 21.6. The molecule has 1 N–H and O–H groups in total. The number of rotatable bonds is 5. The van der Waals surface area contributed by atoms with E-state index in [1.807, 2.05) is 0 Å². The smallest absolute Gasteiger partial charge is 0.331 e. The van der Waals surface area contributed by atoms with Gasteiger partial charge in [0, 0.05) is 11.6 Å². The summed E-state index contributed by atoms with van der Waals surface area (Å²) in [4.78, 5) is 26.3. The lowest BCUT2D eigenvalue weighted by atomic mass is 10.1. The summed E-state index contributed by atoms with van der Waals surface area (Å²) in [7, 11) is 0. The van der Waals surface area contributed by atoms with Crippen LogP contribution in [0.4, 0.5) is 0 Å². The van der Waals surface area contributed by atoms with E-state index in [0.29, 0.717) is 32.7 Å². The molecule has 9 heteroatoms. The highest BCUT2D eigenvalue weighted by Crippen LogP contribution is 2.39. The van der Waals surface area contributed by atoms with Crippen LogP contribution in [0.2, 0.25) is 10.0 Å². The Labute approximate surface area is 197 Å². The van der Waals surface area contributed by atoms with Crippen LogP contribution in [0.1, 0.15) is 17.4 Å². The highest BCUT2D eigenvalue weighted by Gasteiger charge is 2.41. The van der Waals surface area contributed by atoms with Crippen LogP contribution in [0.25, 0.3) is 17.4 Å². The maximum Gasteiger partial charge on any atom is 0.331 e. The Kier molecular flexibility index (Phi) is 6.20. The second-order valence-electron chi connectivity index (χ2n) is 6.51. The number of furan rings is 1. The van der Waals surface area contributed by atoms with Crippen LogP contribution in [0.3, 0.4) is 0 Å². The van der Waals surface area contributed by atoms with Crippen molar-refractivity contribution >= 4 is 69.5 Å². The summed E-state index contributed by atoms with van der Waals surface area (Å²) in [6, 6.07) is 15.9. The normalized spacial score (nSPS) is 16.2. The molecule has 5 nitrogen and oxygen atoms in total. The van der Waals surface area contributed by atoms with E-state index in [1.165, 1.54) is 6.08 Å². The predicted octanol–water partition coefficient (Wildman–Crippen LogP) is 6.28. The molecule has 0 saturated carbocycles. The number of aliphatic carboxylic acids is 1. The van der Waals surface area contributed by atoms with Crippen LogP contribution in [0, 0.1) is 0 Å². The van der Waals surface area contributed by atoms with E-state index >= 15 is 0 Å². The first-order chi connectivity index (χ1) is 14.9. The van der Waals surface area contributed by atoms with Gasteiger partial charge in [0.05, 0.1) is 15.0 Å². The molecule has 3 aromatic rings. The minimum absolute atomic E-state index is 0.164. The summed E-state index contributed by atoms with van der Waals surface area (Å²) in [5.41, 5.74) is 1.08. The number of thiocarbonyl (C=S) groups is 1. The number of halogens is 2. The number of carboxylic acid groups (broad SMARTS) is 1. The molecule has 1 aliphatic heterocycles. The summed E-state index contributed by atoms with van der Waals surface area (Å²) >= 11 is 18.7. The van der Waals surface area contributed by atoms with Gasteiger partial charge >= 0.3 is 5.97 Å². The van der Waals surface area contributed by atoms with Crippen molar-refractivity contribution in [2.45, 2.75) is 6.04 Å². The fraction of sp³-hybridized carbons (Fsp3) is 0.0455. The number of carbonyl (C=O) groups excluding carboxylic acids is 1. The van der Waals surface area contributed by atoms with Gasteiger partial charge in [-0.15, -0.1) is 0 Å². The number of carboxylic acids is 1. The molecule has 156 valence electrons. The molecule has 1 fully saturated rings. The van der Waals surface area contributed by atoms with Gasteiger partial charge in [0.2, 0.25) is 0 Å². The molecule has 1 atom stereocenters. The summed E-state index contributed by atoms with van der Waals surface area (Å²) in [5.74, 6) is -0.773. The molecule has 2 heterocycles. The molecular weight excluding hydrogens is 477 g/mol. The number of hydrogen-bond acceptors (Lipinski definition) is 5. The number of benzene rings is 2. The monoisotopic (exact) mass is 489 g/mol. The van der Waals surface area contributed by atoms with Gasteiger partial charge < -0.3 is 9.52 Å². The summed E-state index contributed by atoms with van der Waals surface area (Å²) < 4.78 is 5.98. The third-order valence-corrected chi connectivity index (χ3v) is 6.70. The van der Waals surface area contributed by atoms with Gasteiger partial charge in [-0.25, -0.2) is 4.79 Å². The molecule has 0 aliphatic carbocycles. The van der Waals surface area contributed by atoms with Gasteiger partial charge in [0.15, 0.2) is 6.04 Å². The zero-order valence-electron chi connectivity index (χ0n) is 15.6. The number of carbonyl (C=O) groups is 2. The van der Waals surface area contributed by atoms with Crippen LogP contribution >= 0.6 is 47.2 Å². The maximum absolute atomic E-state index is 13.0. The van der Waals surface area contributed by atoms with E-state index in [2.05, 4.69) is 0 Å². The van der Waals surface area contributed by atoms with Crippen LogP contribution in [-0.4, -0.2) is 26.2 Å². The van der Waals surface area contributed by atoms with Crippen LogP contribution in [-0.2, 0) is 9.59 Å². The molecule has 0 bridgehead atoms. The lowest BCUT2D eigenvalue weighted by Crippen LogP contribution is -2.37. The fourth-order valence-electron chi connectivity index (χ4n) is 3.14. The molecule has 2 aromatic carbocycles. The molecule has 0 spiro atoms. The van der Waals surface area contributed by atoms with E-state index in [9.17, 15) is 14.7 Å². The van der Waals surface area contributed by atoms with Crippen LogP contribution in [0.15, 0.2) is 70.0 Å². The lowest BCUT2D eigenvalue weighted by Gasteiger charge is -2.23. The molecule has 1 saturated heterocycles. The first-order valence-corrected chi connectivity index (χ1v) is 10.9. The Bertz CT molecular complexity index is 1220. The predicted molar refractivity (Wildman–Crippen MR) is 126 cm³/mol. The highest BCUT2D eigenvalue weighted by molar-refractivity contribution is 8.26. The number of hydrogen-bond donors (Lipinski definition) is 1. The molecule has 1 aromatic heterocycles. The second kappa shape index (κ2) is 8.88. The molecule has 4 rings (SSSR count). The molecule has 1 aliphatic rings. The van der Waals surface area contributed by atoms with Crippen molar-refractivity contribution in [3.05, 3.63) is 86.9 Å². The molecule has 1 unspecified atom stereocenters. The number of amides is 1. The summed E-state index contributed by atoms with van der Waals surface area (Å²) in [6.45, 7) is 0. The summed E-state index contributed by atoms with van der Waals surface area (Å²) in [5, 5.41) is 10.5. The lowest BCUT2D eigenvalue weighted by molar-refractivity contribution is -0.145. The zero-order chi connectivity index (χ0) is 22.1. The maximum atomic E-state index is 13.0. The Morgan fingerprint density at radius 2 is 1.84 bits per heavy atom. The summed E-state index contributed by atoms with van der Waals surface area (Å²) in [6.07, 6.45) is 1.53. The highest BCUT2D eigenvalue weighted by atomic mass is 35.5. The van der Waals surface area contributed by atoms with Gasteiger partial charge in [-0.05, 0) is 29.8 Å². The van der Waals surface area contributed by atoms with Crippen LogP contribution < -0.4 is 0 Å². The molecule has 0 radical (unpaired) electrons. The standard InChI is InChI=1S/C22H13Cl2NO4S2/c23-15-8-4-7-14(18(15)24)16-10-9-13(29-16)11-17-20(26)25(22(30)31-17)19(21(27)28)12-5-2-1-3-6-12/h1-11,19H,(H,27,28)/b17-11-. The molecule has 1 amide bonds. The fourth-order valence-corrected chi connectivity index (χ4v) is 4.83. The van der Waals surface area contributed by atoms with E-state index < -0.39 is 17.9 Å². The van der Waals surface area contributed by atoms with Crippen molar-refractivity contribution in [1.82, 2.24) is 4.90 Å². The molecule has 31 heavy (non-hydrogen) atoms. The minimum Gasteiger partial charge on any atom is -0.479 e. The van der Waals surface area contributed by atoms with Crippen LogP contribution in [0.5, 0.6) is 0 Å². The average Bonchev–Trinajstić information content (AvgIpc) is 3.31. The van der Waals surface area contributed by atoms with Crippen molar-refractivity contribution in [1.29, 1.82) is 0 Å². The SMILES string of the molecule is O=C(O)C(c1ccccc1)N1C(=O)/C(=C/c2ccc(-c3cccc(Cl)c3Cl)o2)SC1=S. The Hall–Kier alpha value is -2.58. The van der Waals surface area contributed by atoms with Gasteiger partial charge in [-0.2, -0.15) is 0 Å². The third kappa shape index (κ3) is 4.27. The van der Waals surface area contributed by atoms with Gasteiger partial charge in [0.25, 0.3) is 5.91 Å². The zero-order valence-corrected chi connectivity index (χ0v) is 18.8. The topological polar surface area (TPSA) is 70.8 Å². The first-order valence-electron chi connectivity index (χ1n) is 8.96. The van der Waals surface area contributed by atoms with E-state index in [0.717, 1.165) is 16.7 Å². The van der Waals surface area contributed by atoms with Crippen molar-refractivity contribution in [2.24, 2.45) is 0 Å². The quantitative estimate of drug-likeness (QED) is 0.335. The van der Waals surface area contributed by atoms with E-state index in [4.69, 9.17) is 39.8 Å². The third-order valence-electron chi connectivity index (χ3n) is 4.55.